The summed E-state index contributed by atoms with van der Waals surface area (Å²) in [6.45, 7) is 11.1. The predicted molar refractivity (Wildman–Crippen MR) is 70.7 cm³/mol. The zero-order valence-electron chi connectivity index (χ0n) is 11.8. The van der Waals surface area contributed by atoms with Crippen LogP contribution in [0.3, 0.4) is 0 Å². The third-order valence-corrected chi connectivity index (χ3v) is 3.96. The molecule has 0 aromatic heterocycles. The van der Waals surface area contributed by atoms with E-state index in [1.54, 1.807) is 0 Å². The van der Waals surface area contributed by atoms with Crippen molar-refractivity contribution in [3.05, 3.63) is 11.8 Å². The summed E-state index contributed by atoms with van der Waals surface area (Å²) in [5.41, 5.74) is 1.38. The van der Waals surface area contributed by atoms with Gasteiger partial charge in [0.05, 0.1) is 12.4 Å². The lowest BCUT2D eigenvalue weighted by Gasteiger charge is -2.49. The molecule has 1 fully saturated rings. The molecule has 0 unspecified atom stereocenters. The van der Waals surface area contributed by atoms with E-state index >= 15 is 0 Å². The molecule has 0 amide bonds. The zero-order valence-corrected chi connectivity index (χ0v) is 11.8. The van der Waals surface area contributed by atoms with E-state index in [0.29, 0.717) is 6.04 Å². The van der Waals surface area contributed by atoms with Crippen LogP contribution in [0.15, 0.2) is 11.8 Å². The maximum absolute atomic E-state index is 5.97. The highest BCUT2D eigenvalue weighted by atomic mass is 16.5. The Morgan fingerprint density at radius 1 is 1.35 bits per heavy atom. The van der Waals surface area contributed by atoms with Gasteiger partial charge in [0.15, 0.2) is 0 Å². The van der Waals surface area contributed by atoms with Gasteiger partial charge in [-0.2, -0.15) is 0 Å². The smallest absolute Gasteiger partial charge is 0.134 e. The topological polar surface area (TPSA) is 33.3 Å². The molecule has 2 aliphatic rings. The van der Waals surface area contributed by atoms with Gasteiger partial charge in [0.1, 0.15) is 5.60 Å². The van der Waals surface area contributed by atoms with Crippen molar-refractivity contribution in [1.29, 1.82) is 0 Å². The Labute approximate surface area is 105 Å². The van der Waals surface area contributed by atoms with E-state index in [0.717, 1.165) is 19.3 Å². The van der Waals surface area contributed by atoms with Crippen LogP contribution in [0, 0.1) is 0 Å². The Morgan fingerprint density at radius 2 is 2.06 bits per heavy atom. The van der Waals surface area contributed by atoms with Crippen LogP contribution in [0.2, 0.25) is 0 Å². The number of nitrogens with one attached hydrogen (secondary N) is 2. The molecule has 2 N–H and O–H groups in total. The van der Waals surface area contributed by atoms with Gasteiger partial charge in [-0.25, -0.2) is 0 Å². The van der Waals surface area contributed by atoms with E-state index < -0.39 is 0 Å². The molecule has 98 valence electrons. The quantitative estimate of drug-likeness (QED) is 0.736. The van der Waals surface area contributed by atoms with Gasteiger partial charge in [0, 0.05) is 11.6 Å². The molecular formula is C14H26N2O. The maximum Gasteiger partial charge on any atom is 0.134 e. The third-order valence-electron chi connectivity index (χ3n) is 3.96. The molecule has 0 aromatic carbocycles. The Morgan fingerprint density at radius 3 is 2.59 bits per heavy atom. The molecule has 3 heteroatoms. The van der Waals surface area contributed by atoms with Crippen LogP contribution < -0.4 is 10.6 Å². The van der Waals surface area contributed by atoms with Crippen LogP contribution in [0.25, 0.3) is 0 Å². The van der Waals surface area contributed by atoms with Crippen molar-refractivity contribution < 1.29 is 4.74 Å². The lowest BCUT2D eigenvalue weighted by molar-refractivity contribution is -0.0491. The van der Waals surface area contributed by atoms with Crippen molar-refractivity contribution in [2.24, 2.45) is 0 Å². The molecule has 0 aromatic rings. The molecule has 3 atom stereocenters. The first kappa shape index (κ1) is 12.9. The molecule has 17 heavy (non-hydrogen) atoms. The minimum absolute atomic E-state index is 0.133. The highest BCUT2D eigenvalue weighted by Crippen LogP contribution is 2.32. The van der Waals surface area contributed by atoms with Gasteiger partial charge in [0.25, 0.3) is 0 Å². The lowest BCUT2D eigenvalue weighted by Crippen LogP contribution is -2.69. The van der Waals surface area contributed by atoms with Crippen molar-refractivity contribution in [2.45, 2.75) is 77.2 Å². The van der Waals surface area contributed by atoms with Crippen LogP contribution >= 0.6 is 0 Å². The van der Waals surface area contributed by atoms with E-state index in [-0.39, 0.29) is 17.3 Å². The monoisotopic (exact) mass is 238 g/mol. The average molecular weight is 238 g/mol. The number of allylic oxidation sites excluding steroid dienone is 1. The van der Waals surface area contributed by atoms with Crippen molar-refractivity contribution in [2.75, 3.05) is 0 Å². The van der Waals surface area contributed by atoms with E-state index in [1.165, 1.54) is 5.57 Å². The first-order chi connectivity index (χ1) is 7.81. The number of hydrogen-bond donors (Lipinski definition) is 2. The van der Waals surface area contributed by atoms with Crippen molar-refractivity contribution in [3.63, 3.8) is 0 Å². The molecule has 0 radical (unpaired) electrons. The van der Waals surface area contributed by atoms with Gasteiger partial charge in [-0.1, -0.05) is 0 Å². The van der Waals surface area contributed by atoms with Gasteiger partial charge in [0.2, 0.25) is 0 Å². The molecule has 1 saturated heterocycles. The molecule has 2 rings (SSSR count). The summed E-state index contributed by atoms with van der Waals surface area (Å²) in [6, 6.07) is 0.531. The van der Waals surface area contributed by atoms with Gasteiger partial charge in [-0.3, -0.25) is 10.6 Å². The molecule has 0 bridgehead atoms. The summed E-state index contributed by atoms with van der Waals surface area (Å²) in [6.07, 6.45) is 5.51. The fourth-order valence-corrected chi connectivity index (χ4v) is 2.94. The van der Waals surface area contributed by atoms with Crippen molar-refractivity contribution in [3.8, 4) is 0 Å². The van der Waals surface area contributed by atoms with Gasteiger partial charge >= 0.3 is 0 Å². The molecule has 3 nitrogen and oxygen atoms in total. The van der Waals surface area contributed by atoms with E-state index in [4.69, 9.17) is 4.74 Å². The summed E-state index contributed by atoms with van der Waals surface area (Å²) < 4.78 is 5.97. The SMILES string of the molecule is CC1=CO[C@](C)([C@@H]2N[C@@H](C)CC(C)(C)N2)CC1. The Bertz CT molecular complexity index is 324. The highest BCUT2D eigenvalue weighted by Gasteiger charge is 2.43. The van der Waals surface area contributed by atoms with Crippen molar-refractivity contribution >= 4 is 0 Å². The molecule has 0 spiro atoms. The molecular weight excluding hydrogens is 212 g/mol. The molecule has 0 saturated carbocycles. The first-order valence-corrected chi connectivity index (χ1v) is 6.68. The first-order valence-electron chi connectivity index (χ1n) is 6.68. The zero-order chi connectivity index (χ0) is 12.7. The summed E-state index contributed by atoms with van der Waals surface area (Å²) in [5.74, 6) is 0. The maximum atomic E-state index is 5.97. The average Bonchev–Trinajstić information content (AvgIpc) is 2.20. The van der Waals surface area contributed by atoms with E-state index in [1.807, 2.05) is 6.26 Å². The summed E-state index contributed by atoms with van der Waals surface area (Å²) >= 11 is 0. The third kappa shape index (κ3) is 2.83. The van der Waals surface area contributed by atoms with Crippen LogP contribution in [0.5, 0.6) is 0 Å². The predicted octanol–water partition coefficient (Wildman–Crippen LogP) is 2.54. The Kier molecular flexibility index (Phi) is 3.25. The van der Waals surface area contributed by atoms with E-state index in [2.05, 4.69) is 45.3 Å². The van der Waals surface area contributed by atoms with Gasteiger partial charge in [-0.05, 0) is 59.5 Å². The fraction of sp³-hybridized carbons (Fsp3) is 0.857. The van der Waals surface area contributed by atoms with Crippen molar-refractivity contribution in [1.82, 2.24) is 10.6 Å². The molecule has 0 aliphatic carbocycles. The normalized spacial score (nSPS) is 41.6. The largest absolute Gasteiger partial charge is 0.492 e. The lowest BCUT2D eigenvalue weighted by atomic mass is 9.85. The Balaban J connectivity index is 2.11. The summed E-state index contributed by atoms with van der Waals surface area (Å²) in [5, 5.41) is 7.31. The number of rotatable bonds is 1. The fourth-order valence-electron chi connectivity index (χ4n) is 2.94. The van der Waals surface area contributed by atoms with E-state index in [9.17, 15) is 0 Å². The standard InChI is InChI=1S/C14H26N2O/c1-10-6-7-14(5,17-9-10)12-15-11(2)8-13(3,4)16-12/h9,11-12,15-16H,6-8H2,1-5H3/t11-,12+,14-/m0/s1. The Hall–Kier alpha value is -0.540. The van der Waals surface area contributed by atoms with Crippen LogP contribution in [0.1, 0.15) is 53.9 Å². The summed E-state index contributed by atoms with van der Waals surface area (Å²) in [4.78, 5) is 0. The van der Waals surface area contributed by atoms with Crippen LogP contribution in [-0.2, 0) is 4.74 Å². The second kappa shape index (κ2) is 4.29. The van der Waals surface area contributed by atoms with Crippen LogP contribution in [0.4, 0.5) is 0 Å². The minimum Gasteiger partial charge on any atom is -0.492 e. The number of ether oxygens (including phenoxy) is 1. The van der Waals surface area contributed by atoms with Gasteiger partial charge in [-0.15, -0.1) is 0 Å². The second-order valence-electron chi connectivity index (χ2n) is 6.63. The highest BCUT2D eigenvalue weighted by molar-refractivity contribution is 5.07. The summed E-state index contributed by atoms with van der Waals surface area (Å²) in [7, 11) is 0. The van der Waals surface area contributed by atoms with Crippen LogP contribution in [-0.4, -0.2) is 23.3 Å². The van der Waals surface area contributed by atoms with Gasteiger partial charge < -0.3 is 4.74 Å². The number of hydrogen-bond acceptors (Lipinski definition) is 3. The molecule has 2 aliphatic heterocycles. The second-order valence-corrected chi connectivity index (χ2v) is 6.63. The molecule has 2 heterocycles. The minimum atomic E-state index is -0.133.